The van der Waals surface area contributed by atoms with Crippen molar-refractivity contribution in [2.75, 3.05) is 19.6 Å². The number of aromatic nitrogens is 2. The molecule has 1 unspecified atom stereocenters. The molecule has 3 heterocycles. The van der Waals surface area contributed by atoms with E-state index >= 15 is 0 Å². The van der Waals surface area contributed by atoms with Crippen LogP contribution in [0.4, 0.5) is 0 Å². The predicted octanol–water partition coefficient (Wildman–Crippen LogP) is 3.14. The summed E-state index contributed by atoms with van der Waals surface area (Å²) < 4.78 is 8.69. The molecule has 1 fully saturated rings. The Bertz CT molecular complexity index is 907. The van der Waals surface area contributed by atoms with Crippen molar-refractivity contribution in [1.82, 2.24) is 19.8 Å². The normalized spacial score (nSPS) is 17.5. The fourth-order valence-electron chi connectivity index (χ4n) is 3.14. The lowest BCUT2D eigenvalue weighted by atomic mass is 10.1. The van der Waals surface area contributed by atoms with Gasteiger partial charge in [-0.15, -0.1) is 12.4 Å². The average Bonchev–Trinajstić information content (AvgIpc) is 3.19. The molecule has 1 atom stereocenters. The number of imidazole rings is 1. The van der Waals surface area contributed by atoms with E-state index in [9.17, 15) is 4.79 Å². The summed E-state index contributed by atoms with van der Waals surface area (Å²) in [7, 11) is 1.94. The molecule has 1 N–H and O–H groups in total. The number of nitrogens with one attached hydrogen (secondary N) is 1. The molecular weight excluding hydrogens is 408 g/mol. The topological polar surface area (TPSA) is 63.3 Å². The molecule has 3 aromatic rings. The first kappa shape index (κ1) is 18.0. The Morgan fingerprint density at radius 2 is 2.24 bits per heavy atom. The van der Waals surface area contributed by atoms with Gasteiger partial charge in [0, 0.05) is 48.9 Å². The Kier molecular flexibility index (Phi) is 5.17. The van der Waals surface area contributed by atoms with E-state index in [4.69, 9.17) is 4.42 Å². The molecule has 1 saturated heterocycles. The number of halogens is 2. The molecule has 8 heteroatoms. The average molecular weight is 426 g/mol. The zero-order valence-electron chi connectivity index (χ0n) is 13.6. The minimum Gasteiger partial charge on any atom is -0.451 e. The number of carbonyl (C=O) groups excluding carboxylic acids is 1. The van der Waals surface area contributed by atoms with Crippen LogP contribution in [0.3, 0.4) is 0 Å². The van der Waals surface area contributed by atoms with E-state index in [0.717, 1.165) is 22.2 Å². The molecule has 0 radical (unpaired) electrons. The Morgan fingerprint density at radius 3 is 3.00 bits per heavy atom. The molecule has 4 rings (SSSR count). The SMILES string of the molecule is Cl.Cn1ccnc1C1CNCCN1C(=O)c1cc2cc(Br)ccc2o1. The third-order valence-corrected chi connectivity index (χ3v) is 4.84. The number of piperazine rings is 1. The van der Waals surface area contributed by atoms with E-state index in [1.807, 2.05) is 40.9 Å². The summed E-state index contributed by atoms with van der Waals surface area (Å²) in [5.74, 6) is 1.13. The van der Waals surface area contributed by atoms with Crippen LogP contribution in [0, 0.1) is 0 Å². The van der Waals surface area contributed by atoms with Gasteiger partial charge in [0.05, 0.1) is 0 Å². The minimum absolute atomic E-state index is 0. The molecule has 25 heavy (non-hydrogen) atoms. The maximum absolute atomic E-state index is 13.0. The number of hydrogen-bond acceptors (Lipinski definition) is 4. The standard InChI is InChI=1S/C17H17BrN4O2.ClH/c1-21-6-5-20-16(21)13-10-19-4-7-22(13)17(23)15-9-11-8-12(18)2-3-14(11)24-15;/h2-3,5-6,8-9,13,19H,4,7,10H2,1H3;1H. The van der Waals surface area contributed by atoms with Gasteiger partial charge in [-0.05, 0) is 24.3 Å². The third-order valence-electron chi connectivity index (χ3n) is 4.35. The summed E-state index contributed by atoms with van der Waals surface area (Å²) in [5, 5.41) is 4.25. The van der Waals surface area contributed by atoms with Crippen LogP contribution >= 0.6 is 28.3 Å². The fraction of sp³-hybridized carbons (Fsp3) is 0.294. The van der Waals surface area contributed by atoms with Crippen LogP contribution in [0.5, 0.6) is 0 Å². The van der Waals surface area contributed by atoms with Crippen molar-refractivity contribution in [1.29, 1.82) is 0 Å². The highest BCUT2D eigenvalue weighted by molar-refractivity contribution is 9.10. The number of rotatable bonds is 2. The van der Waals surface area contributed by atoms with Crippen LogP contribution in [-0.4, -0.2) is 40.0 Å². The second-order valence-electron chi connectivity index (χ2n) is 5.91. The second kappa shape index (κ2) is 7.19. The number of nitrogens with zero attached hydrogens (tertiary/aromatic N) is 3. The zero-order chi connectivity index (χ0) is 16.7. The van der Waals surface area contributed by atoms with Crippen molar-refractivity contribution in [3.05, 3.63) is 52.7 Å². The minimum atomic E-state index is -0.105. The Labute approximate surface area is 159 Å². The van der Waals surface area contributed by atoms with Crippen molar-refractivity contribution in [3.63, 3.8) is 0 Å². The number of benzene rings is 1. The van der Waals surface area contributed by atoms with Crippen molar-refractivity contribution in [2.45, 2.75) is 6.04 Å². The number of amides is 1. The maximum Gasteiger partial charge on any atom is 0.290 e. The smallest absolute Gasteiger partial charge is 0.290 e. The Hall–Kier alpha value is -1.83. The first-order chi connectivity index (χ1) is 11.6. The lowest BCUT2D eigenvalue weighted by Crippen LogP contribution is -2.49. The molecule has 1 amide bonds. The highest BCUT2D eigenvalue weighted by Gasteiger charge is 2.32. The first-order valence-corrected chi connectivity index (χ1v) is 8.61. The summed E-state index contributed by atoms with van der Waals surface area (Å²) in [4.78, 5) is 19.3. The molecule has 2 aromatic heterocycles. The van der Waals surface area contributed by atoms with Gasteiger partial charge in [-0.2, -0.15) is 0 Å². The molecule has 1 aliphatic rings. The van der Waals surface area contributed by atoms with Gasteiger partial charge in [0.1, 0.15) is 17.4 Å². The van der Waals surface area contributed by atoms with Crippen molar-refractivity contribution >= 4 is 45.2 Å². The second-order valence-corrected chi connectivity index (χ2v) is 6.82. The predicted molar refractivity (Wildman–Crippen MR) is 101 cm³/mol. The van der Waals surface area contributed by atoms with Gasteiger partial charge < -0.3 is 19.2 Å². The highest BCUT2D eigenvalue weighted by Crippen LogP contribution is 2.27. The molecule has 0 bridgehead atoms. The van der Waals surface area contributed by atoms with Gasteiger partial charge >= 0.3 is 0 Å². The van der Waals surface area contributed by atoms with Crippen molar-refractivity contribution in [2.24, 2.45) is 7.05 Å². The Balaban J connectivity index is 0.00000182. The molecule has 0 aliphatic carbocycles. The van der Waals surface area contributed by atoms with Gasteiger partial charge in [0.15, 0.2) is 5.76 Å². The summed E-state index contributed by atoms with van der Waals surface area (Å²) in [6, 6.07) is 7.42. The fourth-order valence-corrected chi connectivity index (χ4v) is 3.52. The van der Waals surface area contributed by atoms with Gasteiger partial charge in [-0.1, -0.05) is 15.9 Å². The highest BCUT2D eigenvalue weighted by atomic mass is 79.9. The molecule has 0 saturated carbocycles. The largest absolute Gasteiger partial charge is 0.451 e. The van der Waals surface area contributed by atoms with Crippen LogP contribution in [0.25, 0.3) is 11.0 Å². The van der Waals surface area contributed by atoms with Crippen molar-refractivity contribution in [3.8, 4) is 0 Å². The number of carbonyl (C=O) groups is 1. The van der Waals surface area contributed by atoms with E-state index in [2.05, 4.69) is 26.2 Å². The summed E-state index contributed by atoms with van der Waals surface area (Å²) in [5.41, 5.74) is 0.713. The van der Waals surface area contributed by atoms with Gasteiger partial charge in [0.25, 0.3) is 5.91 Å². The Morgan fingerprint density at radius 1 is 1.40 bits per heavy atom. The molecule has 1 aliphatic heterocycles. The van der Waals surface area contributed by atoms with Crippen LogP contribution in [0.1, 0.15) is 22.4 Å². The van der Waals surface area contributed by atoms with Crippen LogP contribution < -0.4 is 5.32 Å². The molecule has 6 nitrogen and oxygen atoms in total. The lowest BCUT2D eigenvalue weighted by molar-refractivity contribution is 0.0590. The molecule has 0 spiro atoms. The van der Waals surface area contributed by atoms with E-state index in [0.29, 0.717) is 24.4 Å². The first-order valence-electron chi connectivity index (χ1n) is 7.81. The van der Waals surface area contributed by atoms with Gasteiger partial charge in [0.2, 0.25) is 0 Å². The maximum atomic E-state index is 13.0. The number of aryl methyl sites for hydroxylation is 1. The van der Waals surface area contributed by atoms with Crippen LogP contribution in [0.15, 0.2) is 45.5 Å². The molecule has 132 valence electrons. The quantitative estimate of drug-likeness (QED) is 0.685. The van der Waals surface area contributed by atoms with E-state index < -0.39 is 0 Å². The molecule has 1 aromatic carbocycles. The van der Waals surface area contributed by atoms with Crippen LogP contribution in [0.2, 0.25) is 0 Å². The third kappa shape index (κ3) is 3.31. The van der Waals surface area contributed by atoms with E-state index in [1.54, 1.807) is 12.3 Å². The number of hydrogen-bond donors (Lipinski definition) is 1. The summed E-state index contributed by atoms with van der Waals surface area (Å²) >= 11 is 3.44. The number of fused-ring (bicyclic) bond motifs is 1. The number of furan rings is 1. The zero-order valence-corrected chi connectivity index (χ0v) is 16.0. The summed E-state index contributed by atoms with van der Waals surface area (Å²) in [6.07, 6.45) is 3.65. The van der Waals surface area contributed by atoms with Crippen molar-refractivity contribution < 1.29 is 9.21 Å². The van der Waals surface area contributed by atoms with Gasteiger partial charge in [-0.3, -0.25) is 4.79 Å². The van der Waals surface area contributed by atoms with Crippen LogP contribution in [-0.2, 0) is 7.05 Å². The monoisotopic (exact) mass is 424 g/mol. The van der Waals surface area contributed by atoms with E-state index in [-0.39, 0.29) is 24.4 Å². The summed E-state index contributed by atoms with van der Waals surface area (Å²) in [6.45, 7) is 2.07. The van der Waals surface area contributed by atoms with E-state index in [1.165, 1.54) is 0 Å². The molecular formula is C17H18BrClN4O2. The lowest BCUT2D eigenvalue weighted by Gasteiger charge is -2.35. The van der Waals surface area contributed by atoms with Gasteiger partial charge in [-0.25, -0.2) is 4.98 Å².